The molecule has 0 fully saturated rings. The van der Waals surface area contributed by atoms with Gasteiger partial charge in [0.2, 0.25) is 11.9 Å². The predicted molar refractivity (Wildman–Crippen MR) is 336 cm³/mol. The third-order valence-corrected chi connectivity index (χ3v) is 13.2. The Hall–Kier alpha value is -8.67. The van der Waals surface area contributed by atoms with Gasteiger partial charge in [-0.1, -0.05) is 42.5 Å². The Morgan fingerprint density at radius 3 is 1.38 bits per heavy atom. The van der Waals surface area contributed by atoms with Crippen molar-refractivity contribution in [2.75, 3.05) is 54.3 Å². The number of halogens is 2. The van der Waals surface area contributed by atoms with E-state index in [4.69, 9.17) is 56.0 Å². The average molecular weight is 1230 g/mol. The molecule has 20 heteroatoms. The minimum absolute atomic E-state index is 0.128. The van der Waals surface area contributed by atoms with Crippen LogP contribution in [-0.4, -0.2) is 78.2 Å². The molecule has 0 bridgehead atoms. The van der Waals surface area contributed by atoms with Gasteiger partial charge >= 0.3 is 22.5 Å². The molecular formula is C65H72Cl2MnN10O7. The van der Waals surface area contributed by atoms with Crippen molar-refractivity contribution < 1.29 is 47.0 Å². The van der Waals surface area contributed by atoms with E-state index in [1.807, 2.05) is 92.9 Å². The molecule has 10 aromatic rings. The summed E-state index contributed by atoms with van der Waals surface area (Å²) in [5.74, 6) is 3.40. The zero-order chi connectivity index (χ0) is 61.4. The first kappa shape index (κ1) is 65.5. The standard InChI is InChI=1S/C32H35N5O2.C24H24N4O3.C8H11N.CH2Cl2.Mn.2O/c1-21-15-22(2)17-26(16-21)34-19-25-8-11-28-30(18-25)37(20-29-31(38)12-5-23(3)35-29)32(36-28)33-14-13-24-6-9-27(39-4)10-7-24;1-16-3-10-23(30)21(26-16)14-28-22-13-18(15-29)6-9-20(22)27-24(28)25-12-11-17-4-7-19(31-2)8-5-17;1-6-3-7(2)5-8(9)4-6;2-1-3;;;/h5-12,15-18,34,38H,13-14,19-20H2,1-4H3,(H,33,36);3-10,13,15,30H,11-12,14H2,1-2H3,(H,25,27);3-5H,9H2,1-2H3;1H2;;;. The van der Waals surface area contributed by atoms with Crippen molar-refractivity contribution in [3.05, 3.63) is 213 Å². The molecule has 0 aliphatic rings. The zero-order valence-electron chi connectivity index (χ0n) is 48.9. The number of aromatic nitrogens is 6. The number of benzene rings is 6. The van der Waals surface area contributed by atoms with Gasteiger partial charge in [0.1, 0.15) is 40.7 Å². The number of rotatable bonds is 18. The molecule has 7 N–H and O–H groups in total. The van der Waals surface area contributed by atoms with E-state index < -0.39 is 14.8 Å². The second-order valence-electron chi connectivity index (χ2n) is 19.9. The normalized spacial score (nSPS) is 10.4. The first-order valence-electron chi connectivity index (χ1n) is 27.1. The Kier molecular flexibility index (Phi) is 25.4. The monoisotopic (exact) mass is 1230 g/mol. The molecule has 0 saturated carbocycles. The second-order valence-corrected chi connectivity index (χ2v) is 20.9. The van der Waals surface area contributed by atoms with Gasteiger partial charge in [-0.2, -0.15) is 0 Å². The summed E-state index contributed by atoms with van der Waals surface area (Å²) in [4.78, 5) is 30.0. The number of nitrogens with one attached hydrogen (secondary N) is 3. The third kappa shape index (κ3) is 20.0. The maximum absolute atomic E-state index is 11.3. The summed E-state index contributed by atoms with van der Waals surface area (Å²) < 4.78 is 31.3. The van der Waals surface area contributed by atoms with Gasteiger partial charge in [-0.3, -0.25) is 14.8 Å². The van der Waals surface area contributed by atoms with Crippen LogP contribution in [0.2, 0.25) is 0 Å². The molecule has 0 aliphatic heterocycles. The summed E-state index contributed by atoms with van der Waals surface area (Å²) in [5, 5.41) is 31.5. The summed E-state index contributed by atoms with van der Waals surface area (Å²) in [5.41, 5.74) is 22.9. The summed E-state index contributed by atoms with van der Waals surface area (Å²) in [6, 6.07) is 47.2. The molecule has 85 heavy (non-hydrogen) atoms. The van der Waals surface area contributed by atoms with Crippen molar-refractivity contribution in [3.8, 4) is 23.0 Å². The maximum atomic E-state index is 11.3. The summed E-state index contributed by atoms with van der Waals surface area (Å²) in [7, 11) is 3.32. The van der Waals surface area contributed by atoms with Gasteiger partial charge in [0.05, 0.1) is 54.7 Å². The number of aryl methyl sites for hydroxylation is 6. The molecule has 17 nitrogen and oxygen atoms in total. The third-order valence-electron chi connectivity index (χ3n) is 13.2. The number of hydrogen-bond donors (Lipinski definition) is 6. The number of pyridine rings is 2. The number of imidazole rings is 2. The first-order valence-corrected chi connectivity index (χ1v) is 29.2. The Bertz CT molecular complexity index is 3760. The van der Waals surface area contributed by atoms with E-state index in [2.05, 4.69) is 98.9 Å². The van der Waals surface area contributed by atoms with Crippen LogP contribution in [0.3, 0.4) is 0 Å². The number of aromatic hydroxyl groups is 2. The van der Waals surface area contributed by atoms with Crippen LogP contribution in [0.5, 0.6) is 23.0 Å². The van der Waals surface area contributed by atoms with Crippen molar-refractivity contribution in [3.63, 3.8) is 0 Å². The number of hydrogen-bond acceptors (Lipinski definition) is 15. The molecule has 4 aromatic heterocycles. The van der Waals surface area contributed by atoms with Crippen LogP contribution in [-0.2, 0) is 55.0 Å². The van der Waals surface area contributed by atoms with Gasteiger partial charge in [-0.05, 0) is 196 Å². The number of nitrogens with zero attached hydrogens (tertiary/aromatic N) is 6. The summed E-state index contributed by atoms with van der Waals surface area (Å²) in [6.45, 7) is 14.9. The fourth-order valence-corrected chi connectivity index (χ4v) is 9.33. The molecule has 10 rings (SSSR count). The van der Waals surface area contributed by atoms with Crippen LogP contribution in [0.4, 0.5) is 23.3 Å². The quantitative estimate of drug-likeness (QED) is 0.0203. The van der Waals surface area contributed by atoms with E-state index in [0.29, 0.717) is 55.6 Å². The van der Waals surface area contributed by atoms with E-state index in [-0.39, 0.29) is 16.8 Å². The number of nitrogen functional groups attached to an aromatic ring is 1. The molecular weight excluding hydrogens is 1160 g/mol. The molecule has 0 radical (unpaired) electrons. The molecule has 4 heterocycles. The molecule has 0 aliphatic carbocycles. The minimum atomic E-state index is -1.44. The number of nitrogens with two attached hydrogens (primary N) is 1. The van der Waals surface area contributed by atoms with Gasteiger partial charge in [0, 0.05) is 48.0 Å². The van der Waals surface area contributed by atoms with Crippen LogP contribution in [0, 0.1) is 41.5 Å². The number of ether oxygens (including phenoxy) is 2. The molecule has 445 valence electrons. The van der Waals surface area contributed by atoms with Crippen molar-refractivity contribution in [2.24, 2.45) is 0 Å². The Morgan fingerprint density at radius 1 is 0.541 bits per heavy atom. The second kappa shape index (κ2) is 33.0. The molecule has 0 unspecified atom stereocenters. The topological polar surface area (TPSA) is 234 Å². The SMILES string of the molecule is COc1ccc(CCNc2nc3ccc(C=O)cc3n2Cc2nc(C)ccc2O)cc1.COc1ccc(CCNc2nc3ccc(CNc4cc(C)cc(C)c4)cc3n2Cc2nc(C)ccc2O)cc1.Cc1cc(C)cc(N)c1.ClCCl.[O]=[Mn]=[O]. The van der Waals surface area contributed by atoms with Crippen LogP contribution >= 0.6 is 23.2 Å². The van der Waals surface area contributed by atoms with E-state index >= 15 is 0 Å². The fourth-order valence-electron chi connectivity index (χ4n) is 9.33. The molecule has 6 aromatic carbocycles. The van der Waals surface area contributed by atoms with Crippen molar-refractivity contribution in [1.82, 2.24) is 29.1 Å². The summed E-state index contributed by atoms with van der Waals surface area (Å²) in [6.07, 6.45) is 2.46. The van der Waals surface area contributed by atoms with Crippen LogP contribution < -0.4 is 31.2 Å². The average Bonchev–Trinajstić information content (AvgIpc) is 3.37. The molecule has 0 saturated heterocycles. The van der Waals surface area contributed by atoms with Gasteiger partial charge in [-0.15, -0.1) is 23.2 Å². The Labute approximate surface area is 512 Å². The van der Waals surface area contributed by atoms with Gasteiger partial charge in [0.15, 0.2) is 0 Å². The number of aldehydes is 1. The van der Waals surface area contributed by atoms with Gasteiger partial charge in [0.25, 0.3) is 0 Å². The van der Waals surface area contributed by atoms with Crippen molar-refractivity contribution >= 4 is 74.8 Å². The van der Waals surface area contributed by atoms with E-state index in [9.17, 15) is 15.0 Å². The van der Waals surface area contributed by atoms with E-state index in [1.54, 1.807) is 44.6 Å². The number of anilines is 4. The molecule has 0 atom stereocenters. The van der Waals surface area contributed by atoms with E-state index in [0.717, 1.165) is 87.0 Å². The number of alkyl halides is 2. The number of methoxy groups -OCH3 is 2. The molecule has 0 amide bonds. The zero-order valence-corrected chi connectivity index (χ0v) is 51.6. The van der Waals surface area contributed by atoms with E-state index in [1.165, 1.54) is 33.4 Å². The van der Waals surface area contributed by atoms with Gasteiger partial charge in [-0.25, -0.2) is 9.97 Å². The van der Waals surface area contributed by atoms with Crippen molar-refractivity contribution in [2.45, 2.75) is 74.0 Å². The van der Waals surface area contributed by atoms with Crippen LogP contribution in [0.15, 0.2) is 146 Å². The van der Waals surface area contributed by atoms with Gasteiger partial charge < -0.3 is 50.5 Å². The molecule has 0 spiro atoms. The van der Waals surface area contributed by atoms with Crippen LogP contribution in [0.25, 0.3) is 22.1 Å². The van der Waals surface area contributed by atoms with Crippen LogP contribution in [0.1, 0.15) is 72.1 Å². The summed E-state index contributed by atoms with van der Waals surface area (Å²) >= 11 is 8.09. The first-order chi connectivity index (χ1) is 40.9. The fraction of sp³-hybridized carbons (Fsp3) is 0.246. The Balaban J connectivity index is 0.000000223. The number of carbonyl (C=O) groups is 1. The number of carbonyl (C=O) groups excluding carboxylic acids is 1. The number of fused-ring (bicyclic) bond motifs is 2. The van der Waals surface area contributed by atoms with Crippen molar-refractivity contribution in [1.29, 1.82) is 0 Å². The predicted octanol–water partition coefficient (Wildman–Crippen LogP) is 13.4. The Morgan fingerprint density at radius 2 is 0.953 bits per heavy atom.